The van der Waals surface area contributed by atoms with Crippen molar-refractivity contribution in [3.05, 3.63) is 0 Å². The van der Waals surface area contributed by atoms with Gasteiger partial charge in [0.15, 0.2) is 0 Å². The van der Waals surface area contributed by atoms with Crippen molar-refractivity contribution in [2.24, 2.45) is 0 Å². The second-order valence-corrected chi connectivity index (χ2v) is 1.47. The van der Waals surface area contributed by atoms with Crippen molar-refractivity contribution in [3.8, 4) is 0 Å². The molecular weight excluding hydrogens is 94.0 g/mol. The van der Waals surface area contributed by atoms with Crippen LogP contribution < -0.4 is 5.32 Å². The van der Waals surface area contributed by atoms with Crippen LogP contribution in [0.4, 0.5) is 0 Å². The molecule has 44 valence electrons. The van der Waals surface area contributed by atoms with Gasteiger partial charge in [-0.15, -0.1) is 0 Å². The molecule has 3 N–H and O–H groups in total. The monoisotopic (exact) mass is 105 g/mol. The first-order chi connectivity index (χ1) is 3.18. The third-order valence-corrected chi connectivity index (χ3v) is 0.753. The molecule has 0 saturated carbocycles. The molecule has 0 aromatic carbocycles. The average Bonchev–Trinajstić information content (AvgIpc) is 1.65. The van der Waals surface area contributed by atoms with E-state index < -0.39 is 12.3 Å². The molecule has 3 nitrogen and oxygen atoms in total. The SMILES string of the molecule is CNC(O)[C@H](C)O. The molecule has 0 aliphatic heterocycles. The standard InChI is InChI=1S/C4H11NO2/c1-3(6)4(7)5-2/h3-7H,1-2H3/t3-,4?/m0/s1. The summed E-state index contributed by atoms with van der Waals surface area (Å²) in [7, 11) is 1.58. The first-order valence-electron chi connectivity index (χ1n) is 2.22. The molecule has 0 aliphatic carbocycles. The van der Waals surface area contributed by atoms with Gasteiger partial charge >= 0.3 is 0 Å². The molecule has 3 heteroatoms. The summed E-state index contributed by atoms with van der Waals surface area (Å²) in [5.74, 6) is 0. The Kier molecular flexibility index (Phi) is 2.91. The molecular formula is C4H11NO2. The predicted molar refractivity (Wildman–Crippen MR) is 26.7 cm³/mol. The van der Waals surface area contributed by atoms with Gasteiger partial charge in [-0.2, -0.15) is 0 Å². The van der Waals surface area contributed by atoms with E-state index >= 15 is 0 Å². The molecule has 0 rings (SSSR count). The largest absolute Gasteiger partial charge is 0.389 e. The number of aliphatic hydroxyl groups excluding tert-OH is 2. The minimum absolute atomic E-state index is 0.690. The van der Waals surface area contributed by atoms with E-state index in [0.29, 0.717) is 0 Å². The van der Waals surface area contributed by atoms with Crippen molar-refractivity contribution in [3.63, 3.8) is 0 Å². The van der Waals surface area contributed by atoms with Gasteiger partial charge in [-0.3, -0.25) is 5.32 Å². The molecule has 1 unspecified atom stereocenters. The topological polar surface area (TPSA) is 52.5 Å². The van der Waals surface area contributed by atoms with E-state index in [0.717, 1.165) is 0 Å². The first-order valence-corrected chi connectivity index (χ1v) is 2.22. The summed E-state index contributed by atoms with van der Waals surface area (Å²) in [6.45, 7) is 1.52. The van der Waals surface area contributed by atoms with Gasteiger partial charge in [0.1, 0.15) is 6.23 Å². The Morgan fingerprint density at radius 2 is 1.86 bits per heavy atom. The van der Waals surface area contributed by atoms with Gasteiger partial charge in [0, 0.05) is 0 Å². The molecule has 7 heavy (non-hydrogen) atoms. The van der Waals surface area contributed by atoms with Crippen LogP contribution in [0.3, 0.4) is 0 Å². The molecule has 0 bridgehead atoms. The van der Waals surface area contributed by atoms with E-state index in [1.807, 2.05) is 0 Å². The molecule has 0 spiro atoms. The lowest BCUT2D eigenvalue weighted by Crippen LogP contribution is -2.34. The third-order valence-electron chi connectivity index (χ3n) is 0.753. The minimum Gasteiger partial charge on any atom is -0.389 e. The van der Waals surface area contributed by atoms with Crippen LogP contribution in [0.2, 0.25) is 0 Å². The first kappa shape index (κ1) is 6.88. The number of aliphatic hydroxyl groups is 2. The van der Waals surface area contributed by atoms with Crippen LogP contribution in [-0.2, 0) is 0 Å². The van der Waals surface area contributed by atoms with Crippen LogP contribution in [0.1, 0.15) is 6.92 Å². The Hall–Kier alpha value is -0.120. The summed E-state index contributed by atoms with van der Waals surface area (Å²) in [5.41, 5.74) is 0. The highest BCUT2D eigenvalue weighted by molar-refractivity contribution is 4.53. The zero-order chi connectivity index (χ0) is 5.86. The molecule has 0 heterocycles. The fraction of sp³-hybridized carbons (Fsp3) is 1.00. The molecule has 0 aromatic heterocycles. The second-order valence-electron chi connectivity index (χ2n) is 1.47. The molecule has 0 aromatic rings. The highest BCUT2D eigenvalue weighted by Crippen LogP contribution is 1.82. The maximum Gasteiger partial charge on any atom is 0.130 e. The van der Waals surface area contributed by atoms with Gasteiger partial charge in [0.05, 0.1) is 6.10 Å². The Morgan fingerprint density at radius 3 is 1.86 bits per heavy atom. The number of rotatable bonds is 2. The lowest BCUT2D eigenvalue weighted by Gasteiger charge is -2.10. The van der Waals surface area contributed by atoms with Crippen molar-refractivity contribution in [2.75, 3.05) is 7.05 Å². The second kappa shape index (κ2) is 2.96. The molecule has 0 amide bonds. The number of nitrogens with one attached hydrogen (secondary N) is 1. The Morgan fingerprint density at radius 1 is 1.43 bits per heavy atom. The highest BCUT2D eigenvalue weighted by atomic mass is 16.3. The van der Waals surface area contributed by atoms with E-state index in [9.17, 15) is 0 Å². The molecule has 0 fully saturated rings. The summed E-state index contributed by atoms with van der Waals surface area (Å²) < 4.78 is 0. The summed E-state index contributed by atoms with van der Waals surface area (Å²) in [6.07, 6.45) is -1.48. The van der Waals surface area contributed by atoms with E-state index in [1.165, 1.54) is 6.92 Å². The summed E-state index contributed by atoms with van der Waals surface area (Å²) in [5, 5.41) is 19.6. The Bertz CT molecular complexity index is 47.0. The van der Waals surface area contributed by atoms with Gasteiger partial charge in [-0.1, -0.05) is 0 Å². The average molecular weight is 105 g/mol. The van der Waals surface area contributed by atoms with E-state index in [1.54, 1.807) is 7.05 Å². The van der Waals surface area contributed by atoms with Crippen molar-refractivity contribution >= 4 is 0 Å². The third kappa shape index (κ3) is 2.56. The smallest absolute Gasteiger partial charge is 0.130 e. The van der Waals surface area contributed by atoms with Crippen LogP contribution >= 0.6 is 0 Å². The van der Waals surface area contributed by atoms with Gasteiger partial charge < -0.3 is 10.2 Å². The minimum atomic E-state index is -0.792. The number of likely N-dealkylation sites (N-methyl/N-ethyl adjacent to an activating group) is 1. The van der Waals surface area contributed by atoms with Gasteiger partial charge in [0.2, 0.25) is 0 Å². The van der Waals surface area contributed by atoms with Crippen LogP contribution in [-0.4, -0.2) is 29.6 Å². The van der Waals surface area contributed by atoms with Gasteiger partial charge in [0.25, 0.3) is 0 Å². The lowest BCUT2D eigenvalue weighted by atomic mass is 10.4. The summed E-state index contributed by atoms with van der Waals surface area (Å²) in [4.78, 5) is 0. The molecule has 0 aliphatic rings. The van der Waals surface area contributed by atoms with Crippen LogP contribution in [0, 0.1) is 0 Å². The van der Waals surface area contributed by atoms with Crippen LogP contribution in [0.5, 0.6) is 0 Å². The molecule has 0 saturated heterocycles. The van der Waals surface area contributed by atoms with Gasteiger partial charge in [-0.05, 0) is 14.0 Å². The van der Waals surface area contributed by atoms with Crippen molar-refractivity contribution in [1.29, 1.82) is 0 Å². The van der Waals surface area contributed by atoms with E-state index in [2.05, 4.69) is 5.32 Å². The van der Waals surface area contributed by atoms with Gasteiger partial charge in [-0.25, -0.2) is 0 Å². The molecule has 2 atom stereocenters. The fourth-order valence-corrected chi connectivity index (χ4v) is 0.241. The van der Waals surface area contributed by atoms with Crippen molar-refractivity contribution < 1.29 is 10.2 Å². The van der Waals surface area contributed by atoms with Crippen LogP contribution in [0.15, 0.2) is 0 Å². The zero-order valence-corrected chi connectivity index (χ0v) is 4.55. The van der Waals surface area contributed by atoms with E-state index in [-0.39, 0.29) is 0 Å². The Balaban J connectivity index is 3.14. The summed E-state index contributed by atoms with van der Waals surface area (Å²) in [6, 6.07) is 0. The van der Waals surface area contributed by atoms with Crippen LogP contribution in [0.25, 0.3) is 0 Å². The predicted octanol–water partition coefficient (Wildman–Crippen LogP) is -1.10. The molecule has 0 radical (unpaired) electrons. The van der Waals surface area contributed by atoms with E-state index in [4.69, 9.17) is 10.2 Å². The maximum absolute atomic E-state index is 8.57. The van der Waals surface area contributed by atoms with Crippen molar-refractivity contribution in [1.82, 2.24) is 5.32 Å². The maximum atomic E-state index is 8.57. The summed E-state index contributed by atoms with van der Waals surface area (Å²) >= 11 is 0. The quantitative estimate of drug-likeness (QED) is 0.391. The lowest BCUT2D eigenvalue weighted by molar-refractivity contribution is 0.0145. The van der Waals surface area contributed by atoms with Crippen molar-refractivity contribution in [2.45, 2.75) is 19.3 Å². The number of hydrogen-bond acceptors (Lipinski definition) is 3. The fourth-order valence-electron chi connectivity index (χ4n) is 0.241. The highest BCUT2D eigenvalue weighted by Gasteiger charge is 2.04. The Labute approximate surface area is 43.0 Å². The number of hydrogen-bond donors (Lipinski definition) is 3. The zero-order valence-electron chi connectivity index (χ0n) is 4.55. The normalized spacial score (nSPS) is 18.9.